The first kappa shape index (κ1) is 17.2. The number of pyridine rings is 1. The van der Waals surface area contributed by atoms with E-state index in [1.807, 2.05) is 11.0 Å². The van der Waals surface area contributed by atoms with Crippen molar-refractivity contribution in [3.63, 3.8) is 0 Å². The molecule has 0 bridgehead atoms. The van der Waals surface area contributed by atoms with E-state index in [2.05, 4.69) is 24.9 Å². The number of nitrogens with zero attached hydrogens (tertiary/aromatic N) is 4. The van der Waals surface area contributed by atoms with Gasteiger partial charge in [0.05, 0.1) is 11.3 Å². The van der Waals surface area contributed by atoms with Crippen LogP contribution in [0, 0.1) is 17.2 Å². The number of thioether (sulfide) groups is 1. The lowest BCUT2D eigenvalue weighted by Gasteiger charge is -2.32. The number of carbonyl (C=O) groups excluding carboxylic acids is 1. The van der Waals surface area contributed by atoms with Gasteiger partial charge in [-0.15, -0.1) is 0 Å². The molecule has 0 saturated carbocycles. The fourth-order valence-electron chi connectivity index (χ4n) is 3.30. The maximum absolute atomic E-state index is 12.4. The molecule has 1 aliphatic carbocycles. The molecule has 2 aliphatic rings. The molecule has 6 heteroatoms. The third-order valence-electron chi connectivity index (χ3n) is 4.91. The summed E-state index contributed by atoms with van der Waals surface area (Å²) in [6, 6.07) is 4.24. The first-order valence-corrected chi connectivity index (χ1v) is 9.57. The van der Waals surface area contributed by atoms with E-state index in [4.69, 9.17) is 4.98 Å². The Morgan fingerprint density at radius 2 is 2.17 bits per heavy atom. The highest BCUT2D eigenvalue weighted by Gasteiger charge is 2.22. The van der Waals surface area contributed by atoms with Crippen molar-refractivity contribution in [3.8, 4) is 6.07 Å². The summed E-state index contributed by atoms with van der Waals surface area (Å²) in [6.45, 7) is 5.67. The molecule has 3 rings (SSSR count). The Labute approximate surface area is 148 Å². The molecule has 1 saturated heterocycles. The van der Waals surface area contributed by atoms with E-state index < -0.39 is 0 Å². The largest absolute Gasteiger partial charge is 0.339 e. The molecular weight excluding hydrogens is 320 g/mol. The topological polar surface area (TPSA) is 60.2 Å². The van der Waals surface area contributed by atoms with Crippen LogP contribution in [0.5, 0.6) is 0 Å². The number of piperazine rings is 1. The molecule has 0 radical (unpaired) electrons. The predicted octanol–water partition coefficient (Wildman–Crippen LogP) is 1.94. The number of rotatable bonds is 3. The minimum atomic E-state index is 0.144. The molecule has 1 aromatic rings. The summed E-state index contributed by atoms with van der Waals surface area (Å²) in [6.07, 6.45) is 3.13. The Bertz CT molecular complexity index is 662. The van der Waals surface area contributed by atoms with Crippen molar-refractivity contribution in [3.05, 3.63) is 22.9 Å². The van der Waals surface area contributed by atoms with Crippen molar-refractivity contribution < 1.29 is 4.79 Å². The number of hydrogen-bond donors (Lipinski definition) is 0. The van der Waals surface area contributed by atoms with Crippen molar-refractivity contribution in [1.29, 1.82) is 5.26 Å². The molecule has 128 valence electrons. The Morgan fingerprint density at radius 3 is 2.88 bits per heavy atom. The fourth-order valence-corrected chi connectivity index (χ4v) is 4.17. The van der Waals surface area contributed by atoms with Crippen molar-refractivity contribution in [2.24, 2.45) is 5.92 Å². The molecule has 1 fully saturated rings. The molecule has 1 aromatic heterocycles. The molecular formula is C18H24N4OS. The number of nitriles is 1. The van der Waals surface area contributed by atoms with Crippen LogP contribution in [-0.4, -0.2) is 59.7 Å². The number of amides is 1. The van der Waals surface area contributed by atoms with Gasteiger partial charge >= 0.3 is 0 Å². The van der Waals surface area contributed by atoms with Crippen LogP contribution in [0.15, 0.2) is 11.1 Å². The fraction of sp³-hybridized carbons (Fsp3) is 0.611. The van der Waals surface area contributed by atoms with Crippen molar-refractivity contribution in [2.45, 2.75) is 31.2 Å². The summed E-state index contributed by atoms with van der Waals surface area (Å²) in [5.74, 6) is 1.16. The number of aromatic nitrogens is 1. The van der Waals surface area contributed by atoms with Gasteiger partial charge in [-0.25, -0.2) is 4.98 Å². The lowest BCUT2D eigenvalue weighted by molar-refractivity contribution is -0.129. The van der Waals surface area contributed by atoms with Crippen LogP contribution in [0.3, 0.4) is 0 Å². The molecule has 0 N–H and O–H groups in total. The van der Waals surface area contributed by atoms with Gasteiger partial charge in [-0.2, -0.15) is 5.26 Å². The normalized spacial score (nSPS) is 21.2. The van der Waals surface area contributed by atoms with Gasteiger partial charge in [-0.05, 0) is 43.9 Å². The Kier molecular flexibility index (Phi) is 5.42. The first-order chi connectivity index (χ1) is 11.6. The molecule has 24 heavy (non-hydrogen) atoms. The van der Waals surface area contributed by atoms with Gasteiger partial charge in [-0.1, -0.05) is 18.7 Å². The highest BCUT2D eigenvalue weighted by atomic mass is 32.2. The van der Waals surface area contributed by atoms with Gasteiger partial charge in [0.2, 0.25) is 5.91 Å². The van der Waals surface area contributed by atoms with Gasteiger partial charge in [0.1, 0.15) is 11.1 Å². The van der Waals surface area contributed by atoms with E-state index in [0.29, 0.717) is 22.3 Å². The van der Waals surface area contributed by atoms with Crippen LogP contribution >= 0.6 is 11.8 Å². The molecule has 1 atom stereocenters. The minimum absolute atomic E-state index is 0.144. The monoisotopic (exact) mass is 344 g/mol. The molecule has 1 aliphatic heterocycles. The van der Waals surface area contributed by atoms with E-state index in [-0.39, 0.29) is 5.91 Å². The second-order valence-corrected chi connectivity index (χ2v) is 7.84. The zero-order valence-corrected chi connectivity index (χ0v) is 15.2. The highest BCUT2D eigenvalue weighted by Crippen LogP contribution is 2.29. The molecule has 1 unspecified atom stereocenters. The average Bonchev–Trinajstić information content (AvgIpc) is 2.59. The van der Waals surface area contributed by atoms with Gasteiger partial charge < -0.3 is 9.80 Å². The van der Waals surface area contributed by atoms with Crippen LogP contribution < -0.4 is 0 Å². The molecule has 0 aromatic carbocycles. The van der Waals surface area contributed by atoms with Gasteiger partial charge in [-0.3, -0.25) is 4.79 Å². The summed E-state index contributed by atoms with van der Waals surface area (Å²) >= 11 is 1.41. The zero-order chi connectivity index (χ0) is 17.1. The van der Waals surface area contributed by atoms with E-state index in [1.54, 1.807) is 0 Å². The quantitative estimate of drug-likeness (QED) is 0.784. The standard InChI is InChI=1S/C18H24N4OS/c1-13-3-4-16-14(9-13)10-15(11-19)18(20-16)24-12-17(23)22-7-5-21(2)6-8-22/h10,13H,3-9,12H2,1-2H3. The van der Waals surface area contributed by atoms with Crippen molar-refractivity contribution in [1.82, 2.24) is 14.8 Å². The third kappa shape index (κ3) is 3.90. The number of likely N-dealkylation sites (N-methyl/N-ethyl adjacent to an activating group) is 1. The zero-order valence-electron chi connectivity index (χ0n) is 14.4. The van der Waals surface area contributed by atoms with Crippen LogP contribution in [0.2, 0.25) is 0 Å². The molecule has 0 spiro atoms. The second kappa shape index (κ2) is 7.54. The van der Waals surface area contributed by atoms with E-state index >= 15 is 0 Å². The summed E-state index contributed by atoms with van der Waals surface area (Å²) in [5, 5.41) is 10.1. The lowest BCUT2D eigenvalue weighted by Crippen LogP contribution is -2.47. The summed E-state index contributed by atoms with van der Waals surface area (Å²) in [5.41, 5.74) is 2.93. The second-order valence-electron chi connectivity index (χ2n) is 6.88. The van der Waals surface area contributed by atoms with Crippen LogP contribution in [0.25, 0.3) is 0 Å². The van der Waals surface area contributed by atoms with Crippen molar-refractivity contribution >= 4 is 17.7 Å². The number of fused-ring (bicyclic) bond motifs is 1. The summed E-state index contributed by atoms with van der Waals surface area (Å²) in [7, 11) is 2.08. The SMILES string of the molecule is CC1CCc2nc(SCC(=O)N3CCN(C)CC3)c(C#N)cc2C1. The Hall–Kier alpha value is -1.58. The maximum Gasteiger partial charge on any atom is 0.233 e. The van der Waals surface area contributed by atoms with E-state index in [1.165, 1.54) is 17.3 Å². The minimum Gasteiger partial charge on any atom is -0.339 e. The van der Waals surface area contributed by atoms with Crippen molar-refractivity contribution in [2.75, 3.05) is 39.0 Å². The first-order valence-electron chi connectivity index (χ1n) is 8.59. The third-order valence-corrected chi connectivity index (χ3v) is 5.88. The van der Waals surface area contributed by atoms with Gasteiger partial charge in [0.25, 0.3) is 0 Å². The average molecular weight is 344 g/mol. The lowest BCUT2D eigenvalue weighted by atomic mass is 9.87. The number of hydrogen-bond acceptors (Lipinski definition) is 5. The van der Waals surface area contributed by atoms with Gasteiger partial charge in [0.15, 0.2) is 0 Å². The Balaban J connectivity index is 1.66. The summed E-state index contributed by atoms with van der Waals surface area (Å²) < 4.78 is 0. The molecule has 2 heterocycles. The number of aryl methyl sites for hydroxylation is 1. The van der Waals surface area contributed by atoms with Gasteiger partial charge in [0, 0.05) is 31.9 Å². The van der Waals surface area contributed by atoms with E-state index in [0.717, 1.165) is 51.1 Å². The molecule has 1 amide bonds. The Morgan fingerprint density at radius 1 is 1.42 bits per heavy atom. The summed E-state index contributed by atoms with van der Waals surface area (Å²) in [4.78, 5) is 21.2. The van der Waals surface area contributed by atoms with Crippen LogP contribution in [0.1, 0.15) is 30.2 Å². The van der Waals surface area contributed by atoms with Crippen LogP contribution in [-0.2, 0) is 17.6 Å². The number of carbonyl (C=O) groups is 1. The predicted molar refractivity (Wildman–Crippen MR) is 94.9 cm³/mol. The van der Waals surface area contributed by atoms with Crippen LogP contribution in [0.4, 0.5) is 0 Å². The van der Waals surface area contributed by atoms with E-state index in [9.17, 15) is 10.1 Å². The maximum atomic E-state index is 12.4. The highest BCUT2D eigenvalue weighted by molar-refractivity contribution is 7.99. The smallest absolute Gasteiger partial charge is 0.233 e. The molecule has 5 nitrogen and oxygen atoms in total.